The number of carbonyl (C=O) groups is 1. The van der Waals surface area contributed by atoms with Crippen molar-refractivity contribution in [2.24, 2.45) is 0 Å². The van der Waals surface area contributed by atoms with Gasteiger partial charge in [0.1, 0.15) is 11.1 Å². The van der Waals surface area contributed by atoms with E-state index in [9.17, 15) is 9.59 Å². The molecule has 0 N–H and O–H groups in total. The van der Waals surface area contributed by atoms with Gasteiger partial charge in [0, 0.05) is 56.1 Å². The molecule has 0 aliphatic carbocycles. The third-order valence-electron chi connectivity index (χ3n) is 7.48. The highest BCUT2D eigenvalue weighted by Crippen LogP contribution is 2.31. The summed E-state index contributed by atoms with van der Waals surface area (Å²) < 4.78 is 18.6. The van der Waals surface area contributed by atoms with Crippen LogP contribution in [0.4, 0.5) is 11.7 Å². The Hall–Kier alpha value is -4.63. The lowest BCUT2D eigenvalue weighted by Crippen LogP contribution is -2.32. The van der Waals surface area contributed by atoms with E-state index in [-0.39, 0.29) is 18.2 Å². The Bertz CT molecular complexity index is 1680. The van der Waals surface area contributed by atoms with Crippen LogP contribution in [0, 0.1) is 0 Å². The number of allylic oxidation sites excluding steroid dienone is 2. The second-order valence-corrected chi connectivity index (χ2v) is 10.1. The summed E-state index contributed by atoms with van der Waals surface area (Å²) in [5, 5.41) is 0. The number of pyridine rings is 1. The minimum absolute atomic E-state index is 0.0321. The zero-order chi connectivity index (χ0) is 28.3. The number of oxazole rings is 1. The highest BCUT2D eigenvalue weighted by Gasteiger charge is 2.28. The van der Waals surface area contributed by atoms with Crippen molar-refractivity contribution in [1.82, 2.24) is 9.55 Å². The maximum absolute atomic E-state index is 13.1. The molecule has 0 unspecified atom stereocenters. The van der Waals surface area contributed by atoms with Gasteiger partial charge in [-0.1, -0.05) is 24.3 Å². The predicted octanol–water partition coefficient (Wildman–Crippen LogP) is 5.33. The van der Waals surface area contributed by atoms with Gasteiger partial charge in [-0.25, -0.2) is 4.79 Å². The average Bonchev–Trinajstić information content (AvgIpc) is 3.64. The van der Waals surface area contributed by atoms with E-state index in [0.717, 1.165) is 48.4 Å². The second-order valence-electron chi connectivity index (χ2n) is 10.1. The third-order valence-corrected chi connectivity index (χ3v) is 7.48. The van der Waals surface area contributed by atoms with Crippen LogP contribution in [0.15, 0.2) is 88.4 Å². The van der Waals surface area contributed by atoms with Crippen molar-refractivity contribution >= 4 is 28.8 Å². The van der Waals surface area contributed by atoms with Crippen LogP contribution in [0.25, 0.3) is 28.0 Å². The fraction of sp³-hybridized carbons (Fsp3) is 0.281. The van der Waals surface area contributed by atoms with Gasteiger partial charge in [0.25, 0.3) is 6.01 Å². The van der Waals surface area contributed by atoms with Crippen LogP contribution in [0.2, 0.25) is 0 Å². The third kappa shape index (κ3) is 5.28. The van der Waals surface area contributed by atoms with E-state index < -0.39 is 11.4 Å². The first-order valence-electron chi connectivity index (χ1n) is 13.9. The number of hydrogen-bond acceptors (Lipinski definition) is 8. The topological polar surface area (TPSA) is 90.0 Å². The van der Waals surface area contributed by atoms with Crippen LogP contribution >= 0.6 is 0 Å². The minimum Gasteiger partial charge on any atom is -0.462 e. The quantitative estimate of drug-likeness (QED) is 0.271. The van der Waals surface area contributed by atoms with E-state index in [1.807, 2.05) is 65.4 Å². The van der Waals surface area contributed by atoms with Gasteiger partial charge < -0.3 is 28.3 Å². The number of nitrogens with zero attached hydrogens (tertiary/aromatic N) is 4. The summed E-state index contributed by atoms with van der Waals surface area (Å²) in [5.41, 5.74) is 4.15. The molecular weight excluding hydrogens is 520 g/mol. The number of anilines is 2. The molecule has 9 heteroatoms. The van der Waals surface area contributed by atoms with E-state index in [4.69, 9.17) is 18.9 Å². The number of rotatable bonds is 8. The molecule has 0 radical (unpaired) electrons. The first-order chi connectivity index (χ1) is 20.1. The van der Waals surface area contributed by atoms with Gasteiger partial charge in [-0.2, -0.15) is 4.98 Å². The number of carbonyl (C=O) groups excluding carboxylic acids is 1. The average molecular weight is 553 g/mol. The monoisotopic (exact) mass is 552 g/mol. The maximum Gasteiger partial charge on any atom is 0.343 e. The summed E-state index contributed by atoms with van der Waals surface area (Å²) in [4.78, 5) is 34.8. The summed E-state index contributed by atoms with van der Waals surface area (Å²) in [6, 6.07) is 16.0. The van der Waals surface area contributed by atoms with Crippen LogP contribution in [0.1, 0.15) is 30.1 Å². The largest absolute Gasteiger partial charge is 0.462 e. The summed E-state index contributed by atoms with van der Waals surface area (Å²) in [7, 11) is 1.71. The van der Waals surface area contributed by atoms with Gasteiger partial charge >= 0.3 is 5.97 Å². The smallest absolute Gasteiger partial charge is 0.343 e. The first kappa shape index (κ1) is 26.6. The van der Waals surface area contributed by atoms with Crippen LogP contribution in [-0.4, -0.2) is 55.0 Å². The van der Waals surface area contributed by atoms with Crippen molar-refractivity contribution in [2.45, 2.75) is 25.8 Å². The Morgan fingerprint density at radius 1 is 1.10 bits per heavy atom. The minimum atomic E-state index is -0.653. The number of ether oxygens (including phenoxy) is 2. The van der Waals surface area contributed by atoms with E-state index in [1.54, 1.807) is 20.2 Å². The lowest BCUT2D eigenvalue weighted by Gasteiger charge is -2.21. The van der Waals surface area contributed by atoms with E-state index in [2.05, 4.69) is 15.9 Å². The molecule has 1 atom stereocenters. The van der Waals surface area contributed by atoms with Gasteiger partial charge in [0.15, 0.2) is 11.0 Å². The zero-order valence-electron chi connectivity index (χ0n) is 23.2. The highest BCUT2D eigenvalue weighted by molar-refractivity contribution is 5.90. The Morgan fingerprint density at radius 3 is 2.68 bits per heavy atom. The molecule has 4 heterocycles. The molecule has 4 aromatic rings. The van der Waals surface area contributed by atoms with Gasteiger partial charge in [-0.3, -0.25) is 4.79 Å². The van der Waals surface area contributed by atoms with Crippen molar-refractivity contribution < 1.29 is 18.7 Å². The molecule has 2 aromatic carbocycles. The van der Waals surface area contributed by atoms with Gasteiger partial charge in [0.2, 0.25) is 0 Å². The molecule has 2 aliphatic heterocycles. The molecule has 2 aliphatic rings. The number of esters is 1. The number of aromatic nitrogens is 2. The van der Waals surface area contributed by atoms with Gasteiger partial charge in [0.05, 0.1) is 24.9 Å². The molecule has 0 spiro atoms. The Labute approximate surface area is 237 Å². The SMILES string of the molecule is CCOC(=O)c1cn(-c2ccc3nc(N4CCC[C@@H]4COC)oc3c2)c(-c2ccc(N3C=CC=CC3)cc2)cc1=O. The van der Waals surface area contributed by atoms with E-state index >= 15 is 0 Å². The van der Waals surface area contributed by atoms with E-state index in [1.165, 1.54) is 6.07 Å². The highest BCUT2D eigenvalue weighted by atomic mass is 16.5. The number of hydrogen-bond donors (Lipinski definition) is 0. The number of methoxy groups -OCH3 is 1. The summed E-state index contributed by atoms with van der Waals surface area (Å²) in [6.07, 6.45) is 11.8. The van der Waals surface area contributed by atoms with Crippen molar-refractivity contribution in [3.05, 3.63) is 94.9 Å². The van der Waals surface area contributed by atoms with Gasteiger partial charge in [-0.15, -0.1) is 0 Å². The molecule has 9 nitrogen and oxygen atoms in total. The lowest BCUT2D eigenvalue weighted by atomic mass is 10.1. The summed E-state index contributed by atoms with van der Waals surface area (Å²) >= 11 is 0. The van der Waals surface area contributed by atoms with Crippen molar-refractivity contribution in [3.63, 3.8) is 0 Å². The van der Waals surface area contributed by atoms with E-state index in [0.29, 0.717) is 23.9 Å². The summed E-state index contributed by atoms with van der Waals surface area (Å²) in [6.45, 7) is 4.16. The zero-order valence-corrected chi connectivity index (χ0v) is 23.2. The predicted molar refractivity (Wildman–Crippen MR) is 159 cm³/mol. The molecule has 0 amide bonds. The lowest BCUT2D eigenvalue weighted by molar-refractivity contribution is 0.0524. The normalized spacial score (nSPS) is 16.6. The molecule has 41 heavy (non-hydrogen) atoms. The molecule has 0 saturated carbocycles. The molecule has 1 fully saturated rings. The van der Waals surface area contributed by atoms with Crippen molar-refractivity contribution in [2.75, 3.05) is 43.2 Å². The first-order valence-corrected chi connectivity index (χ1v) is 13.9. The number of benzene rings is 2. The second kappa shape index (κ2) is 11.5. The maximum atomic E-state index is 13.1. The van der Waals surface area contributed by atoms with Gasteiger partial charge in [-0.05, 0) is 55.7 Å². The standard InChI is InChI=1S/C32H32N4O5/c1-3-40-31(38)26-20-36(28(19-29(26)37)22-9-11-23(12-10-22)34-15-5-4-6-16-34)24-13-14-27-30(18-24)41-32(33-27)35-17-7-8-25(35)21-39-2/h4-6,9-15,18-20,25H,3,7-8,16-17,21H2,1-2H3/t25-/m1/s1. The van der Waals surface area contributed by atoms with Crippen LogP contribution < -0.4 is 15.2 Å². The van der Waals surface area contributed by atoms with Crippen LogP contribution in [-0.2, 0) is 9.47 Å². The number of fused-ring (bicyclic) bond motifs is 1. The fourth-order valence-corrected chi connectivity index (χ4v) is 5.44. The summed E-state index contributed by atoms with van der Waals surface area (Å²) in [5.74, 6) is -0.653. The Morgan fingerprint density at radius 2 is 1.93 bits per heavy atom. The van der Waals surface area contributed by atoms with Crippen molar-refractivity contribution in [3.8, 4) is 16.9 Å². The Kier molecular flexibility index (Phi) is 7.43. The molecule has 2 aromatic heterocycles. The molecule has 1 saturated heterocycles. The fourth-order valence-electron chi connectivity index (χ4n) is 5.44. The van der Waals surface area contributed by atoms with Crippen LogP contribution in [0.5, 0.6) is 0 Å². The van der Waals surface area contributed by atoms with Crippen LogP contribution in [0.3, 0.4) is 0 Å². The van der Waals surface area contributed by atoms with Crippen molar-refractivity contribution in [1.29, 1.82) is 0 Å². The Balaban J connectivity index is 1.42. The molecular formula is C32H32N4O5. The molecule has 6 rings (SSSR count). The molecule has 0 bridgehead atoms. The molecule has 210 valence electrons.